The number of aromatic nitrogens is 4. The van der Waals surface area contributed by atoms with Crippen LogP contribution in [0.25, 0.3) is 27.8 Å². The number of pyridine rings is 1. The quantitative estimate of drug-likeness (QED) is 0.630. The van der Waals surface area contributed by atoms with Gasteiger partial charge in [-0.3, -0.25) is 5.10 Å². The predicted octanol–water partition coefficient (Wildman–Crippen LogP) is 3.46. The van der Waals surface area contributed by atoms with Crippen molar-refractivity contribution in [2.24, 2.45) is 0 Å². The number of hydrogen-bond acceptors (Lipinski definition) is 3. The van der Waals surface area contributed by atoms with Gasteiger partial charge >= 0.3 is 0 Å². The number of H-pyrrole nitrogens is 1. The van der Waals surface area contributed by atoms with Crippen LogP contribution in [0, 0.1) is 0 Å². The highest BCUT2D eigenvalue weighted by molar-refractivity contribution is 5.84. The number of rotatable bonds is 3. The number of hydrogen-bond donors (Lipinski definition) is 1. The van der Waals surface area contributed by atoms with Crippen molar-refractivity contribution in [1.29, 1.82) is 0 Å². The Balaban J connectivity index is 1.93. The Labute approximate surface area is 134 Å². The zero-order valence-corrected chi connectivity index (χ0v) is 13.1. The van der Waals surface area contributed by atoms with Gasteiger partial charge in [0.05, 0.1) is 24.2 Å². The molecule has 23 heavy (non-hydrogen) atoms. The maximum absolute atomic E-state index is 4.28. The topological polar surface area (TPSA) is 49.2 Å². The second kappa shape index (κ2) is 5.28. The Bertz CT molecular complexity index is 951. The lowest BCUT2D eigenvalue weighted by molar-refractivity contribution is 1.09. The van der Waals surface area contributed by atoms with E-state index in [0.717, 1.165) is 22.2 Å². The van der Waals surface area contributed by atoms with E-state index in [1.165, 1.54) is 11.3 Å². The molecule has 4 aromatic rings. The van der Waals surface area contributed by atoms with Crippen molar-refractivity contribution in [1.82, 2.24) is 19.6 Å². The lowest BCUT2D eigenvalue weighted by atomic mass is 10.0. The zero-order chi connectivity index (χ0) is 15.8. The van der Waals surface area contributed by atoms with Crippen LogP contribution in [0.15, 0.2) is 61.4 Å². The van der Waals surface area contributed by atoms with E-state index in [1.54, 1.807) is 0 Å². The van der Waals surface area contributed by atoms with Crippen molar-refractivity contribution in [3.8, 4) is 22.3 Å². The largest absolute Gasteiger partial charge is 0.378 e. The molecule has 0 aliphatic rings. The molecule has 3 heterocycles. The van der Waals surface area contributed by atoms with E-state index in [9.17, 15) is 0 Å². The predicted molar refractivity (Wildman–Crippen MR) is 92.5 cm³/mol. The van der Waals surface area contributed by atoms with Crippen LogP contribution in [-0.4, -0.2) is 33.7 Å². The molecule has 0 saturated heterocycles. The van der Waals surface area contributed by atoms with Gasteiger partial charge in [-0.1, -0.05) is 12.1 Å². The third kappa shape index (κ3) is 2.36. The number of nitrogens with zero attached hydrogens (tertiary/aromatic N) is 4. The standard InChI is InChI=1S/C18H17N5/c1-22(2)16-5-3-4-13(6-16)14-7-17(15-8-20-21-9-15)18-10-19-12-23(18)11-14/h3-12H,1-2H3,(H,20,21). The number of imidazole rings is 1. The van der Waals surface area contributed by atoms with Gasteiger partial charge in [-0.05, 0) is 29.3 Å². The lowest BCUT2D eigenvalue weighted by Crippen LogP contribution is -2.08. The highest BCUT2D eigenvalue weighted by atomic mass is 15.1. The fraction of sp³-hybridized carbons (Fsp3) is 0.111. The van der Waals surface area contributed by atoms with Crippen LogP contribution in [0.1, 0.15) is 0 Å². The van der Waals surface area contributed by atoms with Crippen molar-refractivity contribution in [2.75, 3.05) is 19.0 Å². The molecule has 0 bridgehead atoms. The lowest BCUT2D eigenvalue weighted by Gasteiger charge is -2.14. The summed E-state index contributed by atoms with van der Waals surface area (Å²) in [5.74, 6) is 0. The molecule has 5 heteroatoms. The first-order chi connectivity index (χ1) is 11.2. The number of anilines is 1. The summed E-state index contributed by atoms with van der Waals surface area (Å²) in [6.07, 6.45) is 9.56. The Morgan fingerprint density at radius 1 is 1.04 bits per heavy atom. The summed E-state index contributed by atoms with van der Waals surface area (Å²) in [6.45, 7) is 0. The Hall–Kier alpha value is -3.08. The van der Waals surface area contributed by atoms with E-state index in [4.69, 9.17) is 0 Å². The van der Waals surface area contributed by atoms with Crippen molar-refractivity contribution >= 4 is 11.2 Å². The number of aromatic amines is 1. The van der Waals surface area contributed by atoms with Crippen LogP contribution in [0.2, 0.25) is 0 Å². The summed E-state index contributed by atoms with van der Waals surface area (Å²) in [6, 6.07) is 10.7. The van der Waals surface area contributed by atoms with E-state index >= 15 is 0 Å². The van der Waals surface area contributed by atoms with Gasteiger partial charge in [0.15, 0.2) is 0 Å². The first kappa shape index (κ1) is 13.6. The molecule has 3 aromatic heterocycles. The first-order valence-corrected chi connectivity index (χ1v) is 7.45. The fourth-order valence-corrected chi connectivity index (χ4v) is 2.78. The smallest absolute Gasteiger partial charge is 0.0992 e. The second-order valence-electron chi connectivity index (χ2n) is 5.76. The molecule has 0 fully saturated rings. The third-order valence-electron chi connectivity index (χ3n) is 4.03. The van der Waals surface area contributed by atoms with E-state index in [-0.39, 0.29) is 0 Å². The van der Waals surface area contributed by atoms with E-state index < -0.39 is 0 Å². The average Bonchev–Trinajstić information content (AvgIpc) is 3.25. The zero-order valence-electron chi connectivity index (χ0n) is 13.1. The van der Waals surface area contributed by atoms with E-state index in [0.29, 0.717) is 0 Å². The monoisotopic (exact) mass is 303 g/mol. The molecular weight excluding hydrogens is 286 g/mol. The van der Waals surface area contributed by atoms with Crippen LogP contribution in [0.4, 0.5) is 5.69 Å². The molecule has 5 nitrogen and oxygen atoms in total. The van der Waals surface area contributed by atoms with Gasteiger partial charge in [-0.25, -0.2) is 4.98 Å². The van der Waals surface area contributed by atoms with Crippen molar-refractivity contribution < 1.29 is 0 Å². The van der Waals surface area contributed by atoms with Gasteiger partial charge in [0.25, 0.3) is 0 Å². The van der Waals surface area contributed by atoms with Gasteiger partial charge in [-0.2, -0.15) is 5.10 Å². The molecular formula is C18H17N5. The molecule has 114 valence electrons. The normalized spacial score (nSPS) is 11.0. The molecule has 1 N–H and O–H groups in total. The van der Waals surface area contributed by atoms with E-state index in [2.05, 4.69) is 75.1 Å². The second-order valence-corrected chi connectivity index (χ2v) is 5.76. The maximum atomic E-state index is 4.28. The Morgan fingerprint density at radius 3 is 2.74 bits per heavy atom. The minimum Gasteiger partial charge on any atom is -0.378 e. The van der Waals surface area contributed by atoms with Crippen LogP contribution in [-0.2, 0) is 0 Å². The molecule has 4 rings (SSSR count). The van der Waals surface area contributed by atoms with Crippen molar-refractivity contribution in [2.45, 2.75) is 0 Å². The highest BCUT2D eigenvalue weighted by Gasteiger charge is 2.10. The summed E-state index contributed by atoms with van der Waals surface area (Å²) >= 11 is 0. The Morgan fingerprint density at radius 2 is 1.96 bits per heavy atom. The van der Waals surface area contributed by atoms with Crippen LogP contribution in [0.5, 0.6) is 0 Å². The van der Waals surface area contributed by atoms with E-state index in [1.807, 2.05) is 24.9 Å². The molecule has 0 radical (unpaired) electrons. The molecule has 0 spiro atoms. The molecule has 0 atom stereocenters. The molecule has 0 amide bonds. The minimum absolute atomic E-state index is 1.06. The first-order valence-electron chi connectivity index (χ1n) is 7.45. The van der Waals surface area contributed by atoms with Crippen LogP contribution in [0.3, 0.4) is 0 Å². The number of nitrogens with one attached hydrogen (secondary N) is 1. The summed E-state index contributed by atoms with van der Waals surface area (Å²) in [7, 11) is 4.10. The summed E-state index contributed by atoms with van der Waals surface area (Å²) in [4.78, 5) is 6.38. The van der Waals surface area contributed by atoms with Gasteiger partial charge in [-0.15, -0.1) is 0 Å². The van der Waals surface area contributed by atoms with Crippen LogP contribution >= 0.6 is 0 Å². The summed E-state index contributed by atoms with van der Waals surface area (Å²) < 4.78 is 2.06. The molecule has 0 unspecified atom stereocenters. The minimum atomic E-state index is 1.06. The Kier molecular flexibility index (Phi) is 3.12. The molecule has 0 saturated carbocycles. The molecule has 1 aromatic carbocycles. The van der Waals surface area contributed by atoms with Crippen molar-refractivity contribution in [3.05, 3.63) is 61.4 Å². The van der Waals surface area contributed by atoms with Gasteiger partial charge in [0.1, 0.15) is 0 Å². The number of benzene rings is 1. The molecule has 0 aliphatic carbocycles. The fourth-order valence-electron chi connectivity index (χ4n) is 2.78. The SMILES string of the molecule is CN(C)c1cccc(-c2cc(-c3cn[nH]c3)c3cncn3c2)c1. The summed E-state index contributed by atoms with van der Waals surface area (Å²) in [5, 5.41) is 6.95. The van der Waals surface area contributed by atoms with Gasteiger partial charge in [0.2, 0.25) is 0 Å². The number of fused-ring (bicyclic) bond motifs is 1. The highest BCUT2D eigenvalue weighted by Crippen LogP contribution is 2.31. The average molecular weight is 303 g/mol. The summed E-state index contributed by atoms with van der Waals surface area (Å²) in [5.41, 5.74) is 6.74. The van der Waals surface area contributed by atoms with Gasteiger partial charge in [0, 0.05) is 43.3 Å². The third-order valence-corrected chi connectivity index (χ3v) is 4.03. The molecule has 0 aliphatic heterocycles. The van der Waals surface area contributed by atoms with Gasteiger partial charge < -0.3 is 9.30 Å². The van der Waals surface area contributed by atoms with Crippen LogP contribution < -0.4 is 4.90 Å². The maximum Gasteiger partial charge on any atom is 0.0992 e. The van der Waals surface area contributed by atoms with Crippen molar-refractivity contribution in [3.63, 3.8) is 0 Å².